The molecule has 122 valence electrons. The Kier molecular flexibility index (Phi) is 4.05. The predicted octanol–water partition coefficient (Wildman–Crippen LogP) is 1.36. The first-order valence-electron chi connectivity index (χ1n) is 7.24. The van der Waals surface area contributed by atoms with Crippen LogP contribution in [0.25, 0.3) is 0 Å². The van der Waals surface area contributed by atoms with E-state index in [-0.39, 0.29) is 18.5 Å². The fourth-order valence-electron chi connectivity index (χ4n) is 3.12. The van der Waals surface area contributed by atoms with Crippen LogP contribution in [0.2, 0.25) is 0 Å². The van der Waals surface area contributed by atoms with Gasteiger partial charge in [-0.1, -0.05) is 6.42 Å². The molecule has 1 aromatic heterocycles. The van der Waals surface area contributed by atoms with Crippen LogP contribution in [-0.4, -0.2) is 45.9 Å². The highest BCUT2D eigenvalue weighted by Gasteiger charge is 2.46. The van der Waals surface area contributed by atoms with Crippen molar-refractivity contribution in [1.29, 1.82) is 0 Å². The summed E-state index contributed by atoms with van der Waals surface area (Å²) in [5, 5.41) is 4.80. The molecule has 0 saturated heterocycles. The summed E-state index contributed by atoms with van der Waals surface area (Å²) >= 11 is 1.38. The van der Waals surface area contributed by atoms with Crippen LogP contribution < -0.4 is 5.32 Å². The lowest BCUT2D eigenvalue weighted by molar-refractivity contribution is -0.141. The van der Waals surface area contributed by atoms with Crippen LogP contribution in [0, 0.1) is 5.41 Å². The van der Waals surface area contributed by atoms with Crippen molar-refractivity contribution in [3.63, 3.8) is 0 Å². The number of rotatable bonds is 4. The fourth-order valence-corrected chi connectivity index (χ4v) is 5.82. The van der Waals surface area contributed by atoms with E-state index < -0.39 is 15.4 Å². The van der Waals surface area contributed by atoms with Gasteiger partial charge in [0, 0.05) is 25.6 Å². The smallest absolute Gasteiger partial charge is 0.244 e. The van der Waals surface area contributed by atoms with Crippen LogP contribution >= 0.6 is 11.3 Å². The number of amides is 1. The molecule has 0 bridgehead atoms. The molecular weight excluding hydrogens is 324 g/mol. The molecule has 1 aliphatic heterocycles. The number of hydrogen-bond acceptors (Lipinski definition) is 5. The molecule has 1 saturated carbocycles. The van der Waals surface area contributed by atoms with Gasteiger partial charge in [0.2, 0.25) is 15.9 Å². The molecule has 2 heterocycles. The first kappa shape index (κ1) is 15.9. The largest absolute Gasteiger partial charge is 0.384 e. The van der Waals surface area contributed by atoms with Crippen LogP contribution in [-0.2, 0) is 19.6 Å². The zero-order valence-electron chi connectivity index (χ0n) is 12.7. The van der Waals surface area contributed by atoms with Gasteiger partial charge in [-0.15, -0.1) is 11.3 Å². The Morgan fingerprint density at radius 2 is 2.27 bits per heavy atom. The lowest BCUT2D eigenvalue weighted by Crippen LogP contribution is -2.52. The normalized spacial score (nSPS) is 26.0. The minimum atomic E-state index is -3.42. The third-order valence-electron chi connectivity index (χ3n) is 4.62. The topological polar surface area (TPSA) is 75.7 Å². The van der Waals surface area contributed by atoms with Gasteiger partial charge in [-0.25, -0.2) is 8.42 Å². The van der Waals surface area contributed by atoms with Gasteiger partial charge < -0.3 is 10.1 Å². The summed E-state index contributed by atoms with van der Waals surface area (Å²) in [5.41, 5.74) is -0.443. The van der Waals surface area contributed by atoms with Crippen molar-refractivity contribution in [2.24, 2.45) is 5.41 Å². The summed E-state index contributed by atoms with van der Waals surface area (Å²) in [4.78, 5) is 13.7. The lowest BCUT2D eigenvalue weighted by atomic mass is 9.68. The highest BCUT2D eigenvalue weighted by atomic mass is 32.2. The van der Waals surface area contributed by atoms with E-state index in [1.54, 1.807) is 25.6 Å². The molecule has 0 unspecified atom stereocenters. The van der Waals surface area contributed by atoms with Crippen molar-refractivity contribution in [3.05, 3.63) is 16.3 Å². The molecule has 0 spiro atoms. The molecule has 1 fully saturated rings. The van der Waals surface area contributed by atoms with E-state index in [1.807, 2.05) is 0 Å². The molecule has 1 atom stereocenters. The SMILES string of the molecule is COCC1(C(=O)N[C@@H]2CN(C)S(=O)(=O)c3ccsc32)CCC1. The van der Waals surface area contributed by atoms with Gasteiger partial charge in [-0.2, -0.15) is 4.31 Å². The van der Waals surface area contributed by atoms with Crippen molar-refractivity contribution in [2.45, 2.75) is 30.2 Å². The van der Waals surface area contributed by atoms with Crippen molar-refractivity contribution < 1.29 is 17.9 Å². The average Bonchev–Trinajstić information content (AvgIpc) is 2.90. The molecule has 8 heteroatoms. The zero-order valence-corrected chi connectivity index (χ0v) is 14.3. The minimum absolute atomic E-state index is 0.0300. The molecule has 6 nitrogen and oxygen atoms in total. The maximum absolute atomic E-state index is 12.7. The number of ether oxygens (including phenoxy) is 1. The van der Waals surface area contributed by atoms with E-state index in [9.17, 15) is 13.2 Å². The van der Waals surface area contributed by atoms with Crippen LogP contribution in [0.4, 0.5) is 0 Å². The Bertz CT molecular complexity index is 679. The molecule has 0 radical (unpaired) electrons. The molecule has 1 amide bonds. The number of hydrogen-bond donors (Lipinski definition) is 1. The number of methoxy groups -OCH3 is 1. The first-order chi connectivity index (χ1) is 10.4. The van der Waals surface area contributed by atoms with Gasteiger partial charge >= 0.3 is 0 Å². The van der Waals surface area contributed by atoms with Crippen molar-refractivity contribution in [3.8, 4) is 0 Å². The summed E-state index contributed by atoms with van der Waals surface area (Å²) in [6.45, 7) is 0.682. The van der Waals surface area contributed by atoms with E-state index in [1.165, 1.54) is 15.6 Å². The summed E-state index contributed by atoms with van der Waals surface area (Å²) in [5.74, 6) is -0.0300. The van der Waals surface area contributed by atoms with E-state index >= 15 is 0 Å². The summed E-state index contributed by atoms with van der Waals surface area (Å²) in [6.07, 6.45) is 2.68. The second kappa shape index (κ2) is 5.59. The molecule has 0 aromatic carbocycles. The number of carbonyl (C=O) groups is 1. The summed E-state index contributed by atoms with van der Waals surface area (Å²) in [7, 11) is -0.268. The van der Waals surface area contributed by atoms with Gasteiger partial charge in [0.25, 0.3) is 0 Å². The number of carbonyl (C=O) groups excluding carboxylic acids is 1. The Hall–Kier alpha value is -0.960. The van der Waals surface area contributed by atoms with Gasteiger partial charge in [-0.3, -0.25) is 4.79 Å². The van der Waals surface area contributed by atoms with E-state index in [2.05, 4.69) is 5.32 Å². The van der Waals surface area contributed by atoms with Crippen LogP contribution in [0.15, 0.2) is 16.3 Å². The highest BCUT2D eigenvalue weighted by Crippen LogP contribution is 2.43. The summed E-state index contributed by atoms with van der Waals surface area (Å²) < 4.78 is 31.0. The molecule has 3 rings (SSSR count). The van der Waals surface area contributed by atoms with Crippen LogP contribution in [0.3, 0.4) is 0 Å². The van der Waals surface area contributed by atoms with Gasteiger partial charge in [0.1, 0.15) is 0 Å². The summed E-state index contributed by atoms with van der Waals surface area (Å²) in [6, 6.07) is 1.32. The molecule has 22 heavy (non-hydrogen) atoms. The zero-order chi connectivity index (χ0) is 16.0. The average molecular weight is 344 g/mol. The number of sulfonamides is 1. The Morgan fingerprint density at radius 1 is 1.55 bits per heavy atom. The molecule has 2 aliphatic rings. The second-order valence-electron chi connectivity index (χ2n) is 6.03. The standard InChI is InChI=1S/C14H20N2O4S2/c1-16-8-10(12-11(4-7-21-12)22(16,18)19)15-13(17)14(9-20-2)5-3-6-14/h4,7,10H,3,5-6,8-9H2,1-2H3,(H,15,17)/t10-/m1/s1. The second-order valence-corrected chi connectivity index (χ2v) is 8.99. The predicted molar refractivity (Wildman–Crippen MR) is 83.2 cm³/mol. The molecule has 1 N–H and O–H groups in total. The number of nitrogens with one attached hydrogen (secondary N) is 1. The monoisotopic (exact) mass is 344 g/mol. The van der Waals surface area contributed by atoms with Crippen LogP contribution in [0.1, 0.15) is 30.2 Å². The minimum Gasteiger partial charge on any atom is -0.384 e. The third kappa shape index (κ3) is 2.38. The van der Waals surface area contributed by atoms with E-state index in [0.29, 0.717) is 11.5 Å². The molecular formula is C14H20N2O4S2. The third-order valence-corrected chi connectivity index (χ3v) is 7.66. The fraction of sp³-hybridized carbons (Fsp3) is 0.643. The number of likely N-dealkylation sites (N-methyl/N-ethyl adjacent to an activating group) is 1. The number of fused-ring (bicyclic) bond motifs is 1. The van der Waals surface area contributed by atoms with Crippen molar-refractivity contribution >= 4 is 27.3 Å². The van der Waals surface area contributed by atoms with Crippen molar-refractivity contribution in [2.75, 3.05) is 27.3 Å². The lowest BCUT2D eigenvalue weighted by Gasteiger charge is -2.41. The van der Waals surface area contributed by atoms with E-state index in [4.69, 9.17) is 4.74 Å². The highest BCUT2D eigenvalue weighted by molar-refractivity contribution is 7.89. The molecule has 1 aliphatic carbocycles. The van der Waals surface area contributed by atoms with Crippen LogP contribution in [0.5, 0.6) is 0 Å². The maximum atomic E-state index is 12.7. The number of thiophene rings is 1. The van der Waals surface area contributed by atoms with E-state index in [0.717, 1.165) is 24.1 Å². The Morgan fingerprint density at radius 3 is 2.86 bits per heavy atom. The van der Waals surface area contributed by atoms with Gasteiger partial charge in [0.05, 0.1) is 23.0 Å². The number of nitrogens with zero attached hydrogens (tertiary/aromatic N) is 1. The maximum Gasteiger partial charge on any atom is 0.244 e. The Balaban J connectivity index is 1.83. The first-order valence-corrected chi connectivity index (χ1v) is 9.56. The van der Waals surface area contributed by atoms with Gasteiger partial charge in [0.15, 0.2) is 0 Å². The van der Waals surface area contributed by atoms with Crippen molar-refractivity contribution in [1.82, 2.24) is 9.62 Å². The molecule has 1 aromatic rings. The quantitative estimate of drug-likeness (QED) is 0.895. The Labute approximate surface area is 134 Å². The van der Waals surface area contributed by atoms with Gasteiger partial charge in [-0.05, 0) is 24.3 Å².